The lowest BCUT2D eigenvalue weighted by Gasteiger charge is -2.28. The largest absolute Gasteiger partial charge is 0.428 e. The van der Waals surface area contributed by atoms with Crippen molar-refractivity contribution in [3.63, 3.8) is 0 Å². The average molecular weight is 430 g/mol. The van der Waals surface area contributed by atoms with Crippen molar-refractivity contribution in [2.75, 3.05) is 0 Å². The summed E-state index contributed by atoms with van der Waals surface area (Å²) in [6.07, 6.45) is -4.17. The monoisotopic (exact) mass is 429 g/mol. The number of hydrogen-bond acceptors (Lipinski definition) is 5. The van der Waals surface area contributed by atoms with Crippen molar-refractivity contribution >= 4 is 34.6 Å². The summed E-state index contributed by atoms with van der Waals surface area (Å²) in [6, 6.07) is 8.43. The van der Waals surface area contributed by atoms with Gasteiger partial charge in [0.1, 0.15) is 11.6 Å². The van der Waals surface area contributed by atoms with Gasteiger partial charge >= 0.3 is 6.18 Å². The molecule has 0 bridgehead atoms. The Labute approximate surface area is 165 Å². The molecule has 1 atom stereocenters. The van der Waals surface area contributed by atoms with Crippen molar-refractivity contribution in [2.24, 2.45) is 0 Å². The van der Waals surface area contributed by atoms with Crippen LogP contribution < -0.4 is 5.48 Å². The Hall–Kier alpha value is -2.80. The van der Waals surface area contributed by atoms with Crippen molar-refractivity contribution in [1.82, 2.24) is 5.48 Å². The average Bonchev–Trinajstić information content (AvgIpc) is 3.07. The first kappa shape index (κ1) is 19.9. The third-order valence-corrected chi connectivity index (χ3v) is 4.44. The van der Waals surface area contributed by atoms with Gasteiger partial charge in [-0.05, 0) is 30.3 Å². The van der Waals surface area contributed by atoms with Gasteiger partial charge < -0.3 is 0 Å². The van der Waals surface area contributed by atoms with E-state index in [1.807, 2.05) is 0 Å². The predicted octanol–water partition coefficient (Wildman–Crippen LogP) is 5.11. The van der Waals surface area contributed by atoms with Crippen LogP contribution in [0.4, 0.5) is 18.9 Å². The highest BCUT2D eigenvalue weighted by atomic mass is 35.5. The van der Waals surface area contributed by atoms with Crippen LogP contribution in [0.5, 0.6) is 0 Å². The lowest BCUT2D eigenvalue weighted by Crippen LogP contribution is -2.42. The van der Waals surface area contributed by atoms with E-state index < -0.39 is 22.4 Å². The summed E-state index contributed by atoms with van der Waals surface area (Å²) >= 11 is 11.7. The molecule has 2 aromatic rings. The molecule has 0 saturated heterocycles. The molecule has 3 rings (SSSR count). The number of nitro benzene ring substituents is 1. The van der Waals surface area contributed by atoms with E-state index in [-0.39, 0.29) is 32.4 Å². The zero-order valence-electron chi connectivity index (χ0n) is 13.6. The first-order valence-electron chi connectivity index (χ1n) is 7.46. The van der Waals surface area contributed by atoms with E-state index in [0.29, 0.717) is 0 Å². The Morgan fingerprint density at radius 3 is 2.36 bits per heavy atom. The van der Waals surface area contributed by atoms with E-state index in [1.165, 1.54) is 12.1 Å². The fourth-order valence-corrected chi connectivity index (χ4v) is 3.22. The summed E-state index contributed by atoms with van der Waals surface area (Å²) in [6.45, 7) is 0. The number of hydroxylamine groups is 1. The van der Waals surface area contributed by atoms with Crippen LogP contribution in [0.15, 0.2) is 42.5 Å². The molecule has 0 spiro atoms. The second-order valence-corrected chi connectivity index (χ2v) is 6.63. The second kappa shape index (κ2) is 6.98. The highest BCUT2D eigenvalue weighted by Crippen LogP contribution is 2.48. The molecule has 0 amide bonds. The number of benzene rings is 2. The fraction of sp³-hybridized carbons (Fsp3) is 0.118. The van der Waals surface area contributed by atoms with Crippen LogP contribution in [0.25, 0.3) is 5.70 Å². The molecule has 1 unspecified atom stereocenters. The lowest BCUT2D eigenvalue weighted by molar-refractivity contribution is -0.385. The van der Waals surface area contributed by atoms with Gasteiger partial charge in [0.05, 0.1) is 10.6 Å². The Morgan fingerprint density at radius 1 is 1.18 bits per heavy atom. The van der Waals surface area contributed by atoms with Crippen LogP contribution in [0, 0.1) is 21.4 Å². The summed E-state index contributed by atoms with van der Waals surface area (Å²) in [5.41, 5.74) is -2.03. The standard InChI is InChI=1S/C17H8Cl2F3N3O3/c18-12-4-11(5-13(19)6-12)16(17(20,21)22)7-14(24-28-16)9-1-2-10(8-23)15(3-9)25(26)27/h1-7,24H. The van der Waals surface area contributed by atoms with Crippen LogP contribution in [-0.4, -0.2) is 11.1 Å². The van der Waals surface area contributed by atoms with E-state index >= 15 is 0 Å². The zero-order chi connectivity index (χ0) is 20.7. The van der Waals surface area contributed by atoms with Crippen LogP contribution in [0.1, 0.15) is 16.7 Å². The van der Waals surface area contributed by atoms with Gasteiger partial charge in [0, 0.05) is 27.2 Å². The van der Waals surface area contributed by atoms with Gasteiger partial charge in [0.15, 0.2) is 0 Å². The lowest BCUT2D eigenvalue weighted by atomic mass is 9.91. The third-order valence-electron chi connectivity index (χ3n) is 4.01. The number of halogens is 5. The molecule has 1 aliphatic heterocycles. The number of nitro groups is 1. The molecule has 1 N–H and O–H groups in total. The maximum Gasteiger partial charge on any atom is 0.428 e. The molecule has 11 heteroatoms. The van der Waals surface area contributed by atoms with E-state index in [9.17, 15) is 23.3 Å². The van der Waals surface area contributed by atoms with Gasteiger partial charge in [-0.1, -0.05) is 29.3 Å². The number of alkyl halides is 3. The first-order valence-corrected chi connectivity index (χ1v) is 8.22. The van der Waals surface area contributed by atoms with E-state index in [1.54, 1.807) is 6.07 Å². The molecule has 144 valence electrons. The number of nitrogens with one attached hydrogen (secondary N) is 1. The van der Waals surface area contributed by atoms with Crippen LogP contribution in [0.3, 0.4) is 0 Å². The van der Waals surface area contributed by atoms with Crippen LogP contribution in [0.2, 0.25) is 10.0 Å². The van der Waals surface area contributed by atoms with Crippen molar-refractivity contribution in [3.05, 3.63) is 79.3 Å². The van der Waals surface area contributed by atoms with Gasteiger partial charge in [-0.3, -0.25) is 20.4 Å². The number of nitrogens with zero attached hydrogens (tertiary/aromatic N) is 2. The van der Waals surface area contributed by atoms with Gasteiger partial charge in [-0.15, -0.1) is 0 Å². The summed E-state index contributed by atoms with van der Waals surface area (Å²) < 4.78 is 41.8. The normalized spacial score (nSPS) is 18.9. The third kappa shape index (κ3) is 3.38. The van der Waals surface area contributed by atoms with Gasteiger partial charge in [-0.2, -0.15) is 18.4 Å². The minimum Gasteiger partial charge on any atom is -0.265 e. The molecule has 28 heavy (non-hydrogen) atoms. The second-order valence-electron chi connectivity index (χ2n) is 5.75. The van der Waals surface area contributed by atoms with E-state index in [4.69, 9.17) is 33.3 Å². The van der Waals surface area contributed by atoms with Gasteiger partial charge in [0.25, 0.3) is 5.69 Å². The molecular formula is C17H8Cl2F3N3O3. The minimum absolute atomic E-state index is 0.0226. The quantitative estimate of drug-likeness (QED) is 0.541. The smallest absolute Gasteiger partial charge is 0.265 e. The molecule has 0 fully saturated rings. The first-order chi connectivity index (χ1) is 13.1. The summed E-state index contributed by atoms with van der Waals surface area (Å²) in [5, 5.41) is 20.0. The molecule has 1 heterocycles. The van der Waals surface area contributed by atoms with Crippen molar-refractivity contribution in [3.8, 4) is 6.07 Å². The van der Waals surface area contributed by atoms with Gasteiger partial charge in [0.2, 0.25) is 5.60 Å². The Balaban J connectivity index is 2.17. The van der Waals surface area contributed by atoms with Gasteiger partial charge in [-0.25, -0.2) is 0 Å². The topological polar surface area (TPSA) is 88.2 Å². The predicted molar refractivity (Wildman–Crippen MR) is 94.2 cm³/mol. The Kier molecular flexibility index (Phi) is 4.97. The molecule has 0 saturated carbocycles. The zero-order valence-corrected chi connectivity index (χ0v) is 15.1. The summed E-state index contributed by atoms with van der Waals surface area (Å²) in [4.78, 5) is 15.2. The molecule has 0 aliphatic carbocycles. The van der Waals surface area contributed by atoms with Crippen LogP contribution >= 0.6 is 23.2 Å². The highest BCUT2D eigenvalue weighted by Gasteiger charge is 2.59. The molecular weight excluding hydrogens is 422 g/mol. The van der Waals surface area contributed by atoms with Crippen LogP contribution in [-0.2, 0) is 10.4 Å². The summed E-state index contributed by atoms with van der Waals surface area (Å²) in [5.74, 6) is 0. The van der Waals surface area contributed by atoms with E-state index in [2.05, 4.69) is 5.48 Å². The minimum atomic E-state index is -4.91. The van der Waals surface area contributed by atoms with Crippen molar-refractivity contribution < 1.29 is 22.9 Å². The molecule has 0 radical (unpaired) electrons. The van der Waals surface area contributed by atoms with Crippen molar-refractivity contribution in [1.29, 1.82) is 5.26 Å². The maximum atomic E-state index is 13.9. The molecule has 6 nitrogen and oxygen atoms in total. The number of hydrogen-bond donors (Lipinski definition) is 1. The SMILES string of the molecule is N#Cc1ccc(C2=CC(c3cc(Cl)cc(Cl)c3)(C(F)(F)F)ON2)cc1[N+](=O)[O-]. The molecule has 2 aromatic carbocycles. The Bertz CT molecular complexity index is 1030. The molecule has 0 aromatic heterocycles. The van der Waals surface area contributed by atoms with Crippen molar-refractivity contribution in [2.45, 2.75) is 11.8 Å². The highest BCUT2D eigenvalue weighted by molar-refractivity contribution is 6.34. The van der Waals surface area contributed by atoms with E-state index in [0.717, 1.165) is 30.3 Å². The maximum absolute atomic E-state index is 13.9. The Morgan fingerprint density at radius 2 is 1.82 bits per heavy atom. The summed E-state index contributed by atoms with van der Waals surface area (Å²) in [7, 11) is 0. The molecule has 1 aliphatic rings. The number of rotatable bonds is 3. The number of nitriles is 1. The fourth-order valence-electron chi connectivity index (χ4n) is 2.70.